The number of hydrogen-bond donors (Lipinski definition) is 1. The smallest absolute Gasteiger partial charge is 0.268 e. The fourth-order valence-electron chi connectivity index (χ4n) is 3.40. The molecule has 0 unspecified atom stereocenters. The summed E-state index contributed by atoms with van der Waals surface area (Å²) in [5, 5.41) is 11.6. The molecular formula is C18H22N6O. The molecule has 0 saturated carbocycles. The highest BCUT2D eigenvalue weighted by Gasteiger charge is 2.14. The van der Waals surface area contributed by atoms with E-state index in [1.807, 2.05) is 18.2 Å². The number of carbonyl (C=O) groups excluding carboxylic acids is 1. The molecule has 0 spiro atoms. The first-order valence-corrected chi connectivity index (χ1v) is 8.94. The van der Waals surface area contributed by atoms with Gasteiger partial charge in [0.2, 0.25) is 0 Å². The summed E-state index contributed by atoms with van der Waals surface area (Å²) in [5.41, 5.74) is 1.38. The Morgan fingerprint density at radius 3 is 3.12 bits per heavy atom. The Hall–Kier alpha value is -2.70. The summed E-state index contributed by atoms with van der Waals surface area (Å²) in [6, 6.07) is 5.54. The van der Waals surface area contributed by atoms with Crippen LogP contribution in [0, 0.1) is 0 Å². The Bertz CT molecular complexity index is 881. The number of aromatic nitrogens is 5. The van der Waals surface area contributed by atoms with Crippen molar-refractivity contribution < 1.29 is 4.79 Å². The molecule has 130 valence electrons. The average molecular weight is 338 g/mol. The molecule has 4 rings (SSSR count). The molecule has 3 aromatic heterocycles. The van der Waals surface area contributed by atoms with Crippen LogP contribution >= 0.6 is 0 Å². The third kappa shape index (κ3) is 3.26. The molecule has 1 amide bonds. The minimum absolute atomic E-state index is 0.0799. The van der Waals surface area contributed by atoms with Gasteiger partial charge in [-0.2, -0.15) is 0 Å². The van der Waals surface area contributed by atoms with Crippen molar-refractivity contribution >= 4 is 11.6 Å². The summed E-state index contributed by atoms with van der Waals surface area (Å²) in [4.78, 5) is 16.6. The number of nitrogens with one attached hydrogen (secondary N) is 1. The van der Waals surface area contributed by atoms with Gasteiger partial charge in [0.05, 0.1) is 0 Å². The number of nitrogens with zero attached hydrogens (tertiary/aromatic N) is 5. The number of hydrogen-bond acceptors (Lipinski definition) is 4. The first-order chi connectivity index (χ1) is 12.3. The summed E-state index contributed by atoms with van der Waals surface area (Å²) in [6.07, 6.45) is 9.88. The first kappa shape index (κ1) is 15.8. The molecule has 1 N–H and O–H groups in total. The normalized spacial score (nSPS) is 14.2. The number of rotatable bonds is 5. The van der Waals surface area contributed by atoms with Gasteiger partial charge in [-0.25, -0.2) is 4.98 Å². The van der Waals surface area contributed by atoms with Gasteiger partial charge in [0, 0.05) is 38.3 Å². The minimum Gasteiger partial charge on any atom is -0.351 e. The van der Waals surface area contributed by atoms with Gasteiger partial charge in [0.1, 0.15) is 23.0 Å². The SMILES string of the molecule is O=C(NCCCc1nnc2n1CCCCC2)c1cccc2nccn12. The van der Waals surface area contributed by atoms with E-state index in [1.54, 1.807) is 16.8 Å². The molecule has 4 heterocycles. The van der Waals surface area contributed by atoms with E-state index < -0.39 is 0 Å². The Kier molecular flexibility index (Phi) is 4.45. The van der Waals surface area contributed by atoms with Crippen LogP contribution in [0.25, 0.3) is 5.65 Å². The van der Waals surface area contributed by atoms with Crippen LogP contribution in [0.4, 0.5) is 0 Å². The predicted octanol–water partition coefficient (Wildman–Crippen LogP) is 2.01. The van der Waals surface area contributed by atoms with Crippen molar-refractivity contribution in [2.45, 2.75) is 45.1 Å². The maximum Gasteiger partial charge on any atom is 0.268 e. The van der Waals surface area contributed by atoms with Gasteiger partial charge >= 0.3 is 0 Å². The van der Waals surface area contributed by atoms with Gasteiger partial charge in [-0.1, -0.05) is 12.5 Å². The zero-order chi connectivity index (χ0) is 17.1. The van der Waals surface area contributed by atoms with Crippen molar-refractivity contribution in [1.29, 1.82) is 0 Å². The standard InChI is InChI=1S/C18H22N6O/c25-18(14-6-4-8-15-19-11-13-23(14)15)20-10-5-9-17-22-21-16-7-2-1-3-12-24(16)17/h4,6,8,11,13H,1-3,5,7,9-10,12H2,(H,20,25). The average Bonchev–Trinajstić information content (AvgIpc) is 3.19. The van der Waals surface area contributed by atoms with Crippen LogP contribution in [0.1, 0.15) is 47.8 Å². The van der Waals surface area contributed by atoms with Crippen molar-refractivity contribution in [1.82, 2.24) is 29.5 Å². The Morgan fingerprint density at radius 1 is 1.20 bits per heavy atom. The van der Waals surface area contributed by atoms with Crippen molar-refractivity contribution in [3.8, 4) is 0 Å². The van der Waals surface area contributed by atoms with Gasteiger partial charge < -0.3 is 9.88 Å². The van der Waals surface area contributed by atoms with Crippen molar-refractivity contribution in [2.75, 3.05) is 6.54 Å². The van der Waals surface area contributed by atoms with Crippen molar-refractivity contribution in [3.05, 3.63) is 47.9 Å². The summed E-state index contributed by atoms with van der Waals surface area (Å²) < 4.78 is 4.06. The molecule has 1 aliphatic rings. The summed E-state index contributed by atoms with van der Waals surface area (Å²) in [5.74, 6) is 2.08. The van der Waals surface area contributed by atoms with Gasteiger partial charge in [-0.3, -0.25) is 9.20 Å². The van der Waals surface area contributed by atoms with E-state index in [0.29, 0.717) is 12.2 Å². The van der Waals surface area contributed by atoms with Gasteiger partial charge in [0.15, 0.2) is 0 Å². The maximum absolute atomic E-state index is 12.4. The topological polar surface area (TPSA) is 77.1 Å². The quantitative estimate of drug-likeness (QED) is 0.722. The second kappa shape index (κ2) is 7.04. The van der Waals surface area contributed by atoms with Crippen LogP contribution in [0.5, 0.6) is 0 Å². The van der Waals surface area contributed by atoms with Crippen LogP contribution in [0.15, 0.2) is 30.6 Å². The van der Waals surface area contributed by atoms with Crippen molar-refractivity contribution in [3.63, 3.8) is 0 Å². The number of pyridine rings is 1. The lowest BCUT2D eigenvalue weighted by Crippen LogP contribution is -2.26. The van der Waals surface area contributed by atoms with Crippen molar-refractivity contribution in [2.24, 2.45) is 0 Å². The first-order valence-electron chi connectivity index (χ1n) is 8.94. The molecule has 0 radical (unpaired) electrons. The van der Waals surface area contributed by atoms with Gasteiger partial charge in [-0.15, -0.1) is 10.2 Å². The largest absolute Gasteiger partial charge is 0.351 e. The number of imidazole rings is 1. The van der Waals surface area contributed by atoms with E-state index in [9.17, 15) is 4.79 Å². The zero-order valence-electron chi connectivity index (χ0n) is 14.2. The molecule has 0 aliphatic carbocycles. The fraction of sp³-hybridized carbons (Fsp3) is 0.444. The van der Waals surface area contributed by atoms with Crippen LogP contribution in [0.2, 0.25) is 0 Å². The number of amides is 1. The van der Waals surface area contributed by atoms with E-state index in [2.05, 4.69) is 25.1 Å². The fourth-order valence-corrected chi connectivity index (χ4v) is 3.40. The summed E-state index contributed by atoms with van der Waals surface area (Å²) in [6.45, 7) is 1.64. The minimum atomic E-state index is -0.0799. The third-order valence-corrected chi connectivity index (χ3v) is 4.71. The molecular weight excluding hydrogens is 316 g/mol. The second-order valence-electron chi connectivity index (χ2n) is 6.42. The van der Waals surface area contributed by atoms with E-state index in [0.717, 1.165) is 43.1 Å². The lowest BCUT2D eigenvalue weighted by Gasteiger charge is -2.08. The molecule has 3 aromatic rings. The Balaban J connectivity index is 1.33. The predicted molar refractivity (Wildman–Crippen MR) is 93.4 cm³/mol. The van der Waals surface area contributed by atoms with E-state index >= 15 is 0 Å². The number of aryl methyl sites for hydroxylation is 2. The van der Waals surface area contributed by atoms with Gasteiger partial charge in [-0.05, 0) is 31.4 Å². The molecule has 25 heavy (non-hydrogen) atoms. The number of fused-ring (bicyclic) bond motifs is 2. The molecule has 0 bridgehead atoms. The highest BCUT2D eigenvalue weighted by molar-refractivity contribution is 5.93. The molecule has 0 fully saturated rings. The monoisotopic (exact) mass is 338 g/mol. The molecule has 7 heteroatoms. The van der Waals surface area contributed by atoms with Crippen LogP contribution in [0.3, 0.4) is 0 Å². The van der Waals surface area contributed by atoms with E-state index in [4.69, 9.17) is 0 Å². The highest BCUT2D eigenvalue weighted by Crippen LogP contribution is 2.15. The second-order valence-corrected chi connectivity index (χ2v) is 6.42. The zero-order valence-corrected chi connectivity index (χ0v) is 14.2. The molecule has 0 aromatic carbocycles. The van der Waals surface area contributed by atoms with Crippen LogP contribution in [-0.4, -0.2) is 36.6 Å². The third-order valence-electron chi connectivity index (χ3n) is 4.71. The molecule has 0 saturated heterocycles. The molecule has 7 nitrogen and oxygen atoms in total. The Labute approximate surface area is 146 Å². The molecule has 0 atom stereocenters. The van der Waals surface area contributed by atoms with Gasteiger partial charge in [0.25, 0.3) is 5.91 Å². The van der Waals surface area contributed by atoms with E-state index in [-0.39, 0.29) is 5.91 Å². The number of carbonyl (C=O) groups is 1. The lowest BCUT2D eigenvalue weighted by molar-refractivity contribution is 0.0947. The Morgan fingerprint density at radius 2 is 2.16 bits per heavy atom. The maximum atomic E-state index is 12.4. The summed E-state index contributed by atoms with van der Waals surface area (Å²) >= 11 is 0. The highest BCUT2D eigenvalue weighted by atomic mass is 16.1. The van der Waals surface area contributed by atoms with E-state index in [1.165, 1.54) is 19.3 Å². The summed E-state index contributed by atoms with van der Waals surface area (Å²) in [7, 11) is 0. The lowest BCUT2D eigenvalue weighted by atomic mass is 10.2. The van der Waals surface area contributed by atoms with Crippen LogP contribution < -0.4 is 5.32 Å². The molecule has 1 aliphatic heterocycles. The van der Waals surface area contributed by atoms with Crippen LogP contribution in [-0.2, 0) is 19.4 Å².